The van der Waals surface area contributed by atoms with Gasteiger partial charge < -0.3 is 10.2 Å². The molecule has 7 heteroatoms. The van der Waals surface area contributed by atoms with Crippen molar-refractivity contribution in [2.24, 2.45) is 0 Å². The van der Waals surface area contributed by atoms with Crippen molar-refractivity contribution in [2.45, 2.75) is 18.9 Å². The summed E-state index contributed by atoms with van der Waals surface area (Å²) >= 11 is 1.27. The molecule has 0 spiro atoms. The third-order valence-corrected chi connectivity index (χ3v) is 4.41. The van der Waals surface area contributed by atoms with Gasteiger partial charge in [0.1, 0.15) is 11.6 Å². The quantitative estimate of drug-likeness (QED) is 0.946. The SMILES string of the molecule is CNC1CCCN(c2nc(-c3cc(F)cc(F)c3)ns2)C1. The molecule has 1 aromatic heterocycles. The highest BCUT2D eigenvalue weighted by Crippen LogP contribution is 2.27. The summed E-state index contributed by atoms with van der Waals surface area (Å²) in [5, 5.41) is 4.07. The summed E-state index contributed by atoms with van der Waals surface area (Å²) in [5.41, 5.74) is 0.372. The Bertz CT molecular complexity index is 611. The molecule has 0 aliphatic carbocycles. The van der Waals surface area contributed by atoms with Crippen molar-refractivity contribution >= 4 is 16.7 Å². The predicted molar refractivity (Wildman–Crippen MR) is 79.6 cm³/mol. The third kappa shape index (κ3) is 3.19. The fourth-order valence-electron chi connectivity index (χ4n) is 2.53. The molecule has 112 valence electrons. The van der Waals surface area contributed by atoms with Gasteiger partial charge in [-0.2, -0.15) is 9.36 Å². The fourth-order valence-corrected chi connectivity index (χ4v) is 3.25. The molecule has 1 saturated heterocycles. The summed E-state index contributed by atoms with van der Waals surface area (Å²) < 4.78 is 30.8. The molecule has 0 amide bonds. The average Bonchev–Trinajstić information content (AvgIpc) is 2.96. The van der Waals surface area contributed by atoms with E-state index in [4.69, 9.17) is 0 Å². The molecule has 2 heterocycles. The van der Waals surface area contributed by atoms with E-state index in [9.17, 15) is 8.78 Å². The largest absolute Gasteiger partial charge is 0.345 e. The molecule has 0 saturated carbocycles. The molecule has 1 N–H and O–H groups in total. The van der Waals surface area contributed by atoms with Gasteiger partial charge in [-0.05, 0) is 32.0 Å². The topological polar surface area (TPSA) is 41.0 Å². The Balaban J connectivity index is 1.82. The van der Waals surface area contributed by atoms with E-state index in [1.165, 1.54) is 23.7 Å². The van der Waals surface area contributed by atoms with Gasteiger partial charge in [0.15, 0.2) is 5.82 Å². The minimum Gasteiger partial charge on any atom is -0.345 e. The molecule has 1 aliphatic heterocycles. The number of aromatic nitrogens is 2. The zero-order valence-corrected chi connectivity index (χ0v) is 12.5. The van der Waals surface area contributed by atoms with Gasteiger partial charge in [-0.15, -0.1) is 0 Å². The molecule has 3 rings (SSSR count). The minimum atomic E-state index is -0.616. The van der Waals surface area contributed by atoms with Crippen LogP contribution in [0.1, 0.15) is 12.8 Å². The summed E-state index contributed by atoms with van der Waals surface area (Å²) in [4.78, 5) is 6.60. The van der Waals surface area contributed by atoms with Crippen LogP contribution in [-0.2, 0) is 0 Å². The lowest BCUT2D eigenvalue weighted by molar-refractivity contribution is 0.449. The first kappa shape index (κ1) is 14.3. The van der Waals surface area contributed by atoms with Crippen LogP contribution in [0, 0.1) is 11.6 Å². The van der Waals surface area contributed by atoms with E-state index < -0.39 is 11.6 Å². The Labute approximate surface area is 126 Å². The maximum absolute atomic E-state index is 13.3. The van der Waals surface area contributed by atoms with E-state index in [2.05, 4.69) is 19.6 Å². The van der Waals surface area contributed by atoms with Crippen molar-refractivity contribution in [3.8, 4) is 11.4 Å². The number of anilines is 1. The normalized spacial score (nSPS) is 19.0. The number of hydrogen-bond donors (Lipinski definition) is 1. The molecule has 4 nitrogen and oxygen atoms in total. The number of nitrogens with zero attached hydrogens (tertiary/aromatic N) is 3. The van der Waals surface area contributed by atoms with Gasteiger partial charge in [0.05, 0.1) is 0 Å². The van der Waals surface area contributed by atoms with Crippen LogP contribution in [0.15, 0.2) is 18.2 Å². The number of nitrogens with one attached hydrogen (secondary N) is 1. The summed E-state index contributed by atoms with van der Waals surface area (Å²) in [5.74, 6) is -0.857. The van der Waals surface area contributed by atoms with Crippen LogP contribution >= 0.6 is 11.5 Å². The van der Waals surface area contributed by atoms with Gasteiger partial charge in [0.2, 0.25) is 5.13 Å². The van der Waals surface area contributed by atoms with Crippen LogP contribution in [0.25, 0.3) is 11.4 Å². The van der Waals surface area contributed by atoms with Crippen molar-refractivity contribution in [3.63, 3.8) is 0 Å². The Morgan fingerprint density at radius 3 is 2.76 bits per heavy atom. The molecule has 1 aliphatic rings. The van der Waals surface area contributed by atoms with Crippen molar-refractivity contribution in [2.75, 3.05) is 25.0 Å². The van der Waals surface area contributed by atoms with Crippen molar-refractivity contribution in [1.29, 1.82) is 0 Å². The van der Waals surface area contributed by atoms with E-state index in [0.29, 0.717) is 17.4 Å². The Hall–Kier alpha value is -1.60. The first-order chi connectivity index (χ1) is 10.2. The van der Waals surface area contributed by atoms with Crippen LogP contribution in [0.4, 0.5) is 13.9 Å². The molecule has 0 bridgehead atoms. The number of halogens is 2. The molecule has 2 aromatic rings. The van der Waals surface area contributed by atoms with E-state index in [0.717, 1.165) is 37.1 Å². The number of piperidine rings is 1. The molecule has 1 fully saturated rings. The maximum atomic E-state index is 13.3. The van der Waals surface area contributed by atoms with Gasteiger partial charge in [-0.3, -0.25) is 0 Å². The summed E-state index contributed by atoms with van der Waals surface area (Å²) in [6, 6.07) is 3.79. The van der Waals surface area contributed by atoms with Crippen LogP contribution < -0.4 is 10.2 Å². The van der Waals surface area contributed by atoms with Gasteiger partial charge >= 0.3 is 0 Å². The number of likely N-dealkylation sites (N-methyl/N-ethyl adjacent to an activating group) is 1. The number of rotatable bonds is 3. The minimum absolute atomic E-state index is 0.372. The second-order valence-electron chi connectivity index (χ2n) is 5.13. The second kappa shape index (κ2) is 6.03. The third-order valence-electron chi connectivity index (χ3n) is 3.64. The zero-order valence-electron chi connectivity index (χ0n) is 11.6. The van der Waals surface area contributed by atoms with Crippen molar-refractivity contribution in [1.82, 2.24) is 14.7 Å². The lowest BCUT2D eigenvalue weighted by Crippen LogP contribution is -2.44. The molecular weight excluding hydrogens is 294 g/mol. The smallest absolute Gasteiger partial charge is 0.205 e. The Kier molecular flexibility index (Phi) is 4.12. The maximum Gasteiger partial charge on any atom is 0.205 e. The van der Waals surface area contributed by atoms with E-state index in [-0.39, 0.29) is 0 Å². The first-order valence-electron chi connectivity index (χ1n) is 6.88. The van der Waals surface area contributed by atoms with Crippen LogP contribution in [0.5, 0.6) is 0 Å². The highest BCUT2D eigenvalue weighted by molar-refractivity contribution is 7.09. The summed E-state index contributed by atoms with van der Waals surface area (Å²) in [7, 11) is 1.95. The van der Waals surface area contributed by atoms with Gasteiger partial charge in [0.25, 0.3) is 0 Å². The van der Waals surface area contributed by atoms with E-state index >= 15 is 0 Å². The molecular formula is C14H16F2N4S. The van der Waals surface area contributed by atoms with Crippen LogP contribution in [0.2, 0.25) is 0 Å². The predicted octanol–water partition coefficient (Wildman–Crippen LogP) is 2.67. The zero-order chi connectivity index (χ0) is 14.8. The molecule has 21 heavy (non-hydrogen) atoms. The average molecular weight is 310 g/mol. The van der Waals surface area contributed by atoms with E-state index in [1.807, 2.05) is 7.05 Å². The number of hydrogen-bond acceptors (Lipinski definition) is 5. The monoisotopic (exact) mass is 310 g/mol. The van der Waals surface area contributed by atoms with Gasteiger partial charge in [-0.1, -0.05) is 0 Å². The molecule has 1 unspecified atom stereocenters. The van der Waals surface area contributed by atoms with Crippen molar-refractivity contribution in [3.05, 3.63) is 29.8 Å². The molecule has 1 aromatic carbocycles. The van der Waals surface area contributed by atoms with E-state index in [1.54, 1.807) is 0 Å². The fraction of sp³-hybridized carbons (Fsp3) is 0.429. The standard InChI is InChI=1S/C14H16F2N4S/c1-17-12-3-2-4-20(8-12)14-18-13(19-21-14)9-5-10(15)7-11(16)6-9/h5-7,12,17H,2-4,8H2,1H3. The van der Waals surface area contributed by atoms with Crippen LogP contribution in [-0.4, -0.2) is 35.5 Å². The summed E-state index contributed by atoms with van der Waals surface area (Å²) in [6.45, 7) is 1.81. The van der Waals surface area contributed by atoms with Gasteiger partial charge in [0, 0.05) is 42.3 Å². The van der Waals surface area contributed by atoms with Gasteiger partial charge in [-0.25, -0.2) is 8.78 Å². The molecule has 0 radical (unpaired) electrons. The Morgan fingerprint density at radius 2 is 2.05 bits per heavy atom. The van der Waals surface area contributed by atoms with Crippen molar-refractivity contribution < 1.29 is 8.78 Å². The first-order valence-corrected chi connectivity index (χ1v) is 7.65. The Morgan fingerprint density at radius 1 is 1.29 bits per heavy atom. The lowest BCUT2D eigenvalue weighted by atomic mass is 10.1. The molecule has 1 atom stereocenters. The highest BCUT2D eigenvalue weighted by atomic mass is 32.1. The number of benzene rings is 1. The highest BCUT2D eigenvalue weighted by Gasteiger charge is 2.21. The second-order valence-corrected chi connectivity index (χ2v) is 5.86. The van der Waals surface area contributed by atoms with Crippen LogP contribution in [0.3, 0.4) is 0 Å². The lowest BCUT2D eigenvalue weighted by Gasteiger charge is -2.31. The summed E-state index contributed by atoms with van der Waals surface area (Å²) in [6.07, 6.45) is 2.24.